The summed E-state index contributed by atoms with van der Waals surface area (Å²) in [6, 6.07) is 7.38. The first-order valence-corrected chi connectivity index (χ1v) is 8.46. The van der Waals surface area contributed by atoms with Crippen LogP contribution in [0.3, 0.4) is 0 Å². The number of hydrogen-bond donors (Lipinski definition) is 3. The van der Waals surface area contributed by atoms with Gasteiger partial charge in [0.05, 0.1) is 12.2 Å². The lowest BCUT2D eigenvalue weighted by Crippen LogP contribution is -2.28. The average molecular weight is 320 g/mol. The second-order valence-corrected chi connectivity index (χ2v) is 6.46. The molecule has 3 N–H and O–H groups in total. The van der Waals surface area contributed by atoms with Gasteiger partial charge in [0.1, 0.15) is 5.75 Å². The molecule has 23 heavy (non-hydrogen) atoms. The van der Waals surface area contributed by atoms with Crippen LogP contribution in [-0.2, 0) is 4.79 Å². The molecule has 0 bridgehead atoms. The van der Waals surface area contributed by atoms with Crippen LogP contribution < -0.4 is 15.4 Å². The minimum Gasteiger partial charge on any atom is -0.491 e. The largest absolute Gasteiger partial charge is 0.491 e. The van der Waals surface area contributed by atoms with Crippen molar-refractivity contribution < 1.29 is 14.6 Å². The Morgan fingerprint density at radius 1 is 1.48 bits per heavy atom. The van der Waals surface area contributed by atoms with E-state index in [0.29, 0.717) is 12.3 Å². The Balaban J connectivity index is 1.74. The molecule has 0 aliphatic carbocycles. The van der Waals surface area contributed by atoms with Gasteiger partial charge in [-0.05, 0) is 63.4 Å². The fourth-order valence-electron chi connectivity index (χ4n) is 2.78. The second kappa shape index (κ2) is 8.89. The van der Waals surface area contributed by atoms with Crippen LogP contribution in [0.4, 0.5) is 0 Å². The summed E-state index contributed by atoms with van der Waals surface area (Å²) < 4.78 is 5.62. The van der Waals surface area contributed by atoms with Gasteiger partial charge in [0.25, 0.3) is 0 Å². The minimum atomic E-state index is -0.720. The smallest absolute Gasteiger partial charge is 0.220 e. The van der Waals surface area contributed by atoms with E-state index in [1.807, 2.05) is 38.1 Å². The Hall–Kier alpha value is -1.59. The van der Waals surface area contributed by atoms with E-state index in [1.54, 1.807) is 0 Å². The first-order valence-electron chi connectivity index (χ1n) is 8.46. The van der Waals surface area contributed by atoms with E-state index in [-0.39, 0.29) is 18.6 Å². The zero-order valence-corrected chi connectivity index (χ0v) is 14.0. The van der Waals surface area contributed by atoms with Gasteiger partial charge in [0.15, 0.2) is 0 Å². The highest BCUT2D eigenvalue weighted by molar-refractivity contribution is 5.75. The van der Waals surface area contributed by atoms with E-state index in [9.17, 15) is 9.90 Å². The maximum atomic E-state index is 11.9. The normalized spacial score (nSPS) is 18.9. The molecular weight excluding hydrogens is 292 g/mol. The number of aliphatic hydroxyl groups excluding tert-OH is 1. The van der Waals surface area contributed by atoms with Crippen molar-refractivity contribution in [2.24, 2.45) is 5.92 Å². The molecule has 1 aromatic carbocycles. The lowest BCUT2D eigenvalue weighted by molar-refractivity contribution is -0.121. The number of benzene rings is 1. The third-order valence-electron chi connectivity index (χ3n) is 4.05. The van der Waals surface area contributed by atoms with Crippen LogP contribution >= 0.6 is 0 Å². The molecule has 128 valence electrons. The summed E-state index contributed by atoms with van der Waals surface area (Å²) in [5, 5.41) is 16.3. The van der Waals surface area contributed by atoms with Crippen molar-refractivity contribution in [2.45, 2.75) is 45.3 Å². The third kappa shape index (κ3) is 6.20. The topological polar surface area (TPSA) is 70.6 Å². The summed E-state index contributed by atoms with van der Waals surface area (Å²) in [5.74, 6) is 1.35. The Bertz CT molecular complexity index is 499. The van der Waals surface area contributed by atoms with E-state index in [2.05, 4.69) is 10.6 Å². The lowest BCUT2D eigenvalue weighted by Gasteiger charge is -2.15. The zero-order valence-electron chi connectivity index (χ0n) is 14.0. The van der Waals surface area contributed by atoms with Crippen molar-refractivity contribution in [1.29, 1.82) is 0 Å². The Morgan fingerprint density at radius 3 is 3.00 bits per heavy atom. The number of carbonyl (C=O) groups is 1. The summed E-state index contributed by atoms with van der Waals surface area (Å²) in [7, 11) is 0. The van der Waals surface area contributed by atoms with Crippen molar-refractivity contribution in [2.75, 3.05) is 19.6 Å². The molecule has 1 heterocycles. The summed E-state index contributed by atoms with van der Waals surface area (Å²) in [6.45, 7) is 6.22. The predicted molar refractivity (Wildman–Crippen MR) is 90.4 cm³/mol. The number of ether oxygens (including phenoxy) is 1. The van der Waals surface area contributed by atoms with E-state index in [0.717, 1.165) is 37.2 Å². The van der Waals surface area contributed by atoms with Crippen molar-refractivity contribution >= 4 is 5.91 Å². The third-order valence-corrected chi connectivity index (χ3v) is 4.05. The van der Waals surface area contributed by atoms with Crippen molar-refractivity contribution in [3.8, 4) is 5.75 Å². The highest BCUT2D eigenvalue weighted by atomic mass is 16.5. The van der Waals surface area contributed by atoms with Crippen LogP contribution in [0, 0.1) is 5.92 Å². The molecule has 2 rings (SSSR count). The molecule has 1 aliphatic heterocycles. The molecule has 0 aromatic heterocycles. The van der Waals surface area contributed by atoms with Gasteiger partial charge in [-0.2, -0.15) is 0 Å². The van der Waals surface area contributed by atoms with Gasteiger partial charge < -0.3 is 20.5 Å². The van der Waals surface area contributed by atoms with Gasteiger partial charge in [-0.25, -0.2) is 0 Å². The summed E-state index contributed by atoms with van der Waals surface area (Å²) in [5.41, 5.74) is 0.753. The fourth-order valence-corrected chi connectivity index (χ4v) is 2.78. The van der Waals surface area contributed by atoms with Crippen molar-refractivity contribution in [3.05, 3.63) is 29.8 Å². The van der Waals surface area contributed by atoms with Crippen molar-refractivity contribution in [1.82, 2.24) is 10.6 Å². The molecule has 5 heteroatoms. The van der Waals surface area contributed by atoms with Crippen LogP contribution in [-0.4, -0.2) is 36.8 Å². The quantitative estimate of drug-likeness (QED) is 0.685. The van der Waals surface area contributed by atoms with Gasteiger partial charge >= 0.3 is 0 Å². The number of nitrogens with one attached hydrogen (secondary N) is 2. The van der Waals surface area contributed by atoms with Gasteiger partial charge in [0.2, 0.25) is 5.91 Å². The molecule has 1 aliphatic rings. The van der Waals surface area contributed by atoms with Gasteiger partial charge in [-0.1, -0.05) is 12.1 Å². The monoisotopic (exact) mass is 320 g/mol. The van der Waals surface area contributed by atoms with Gasteiger partial charge in [0, 0.05) is 13.0 Å². The first kappa shape index (κ1) is 17.8. The molecule has 0 radical (unpaired) electrons. The molecule has 1 fully saturated rings. The number of amides is 1. The molecule has 2 atom stereocenters. The number of hydrogen-bond acceptors (Lipinski definition) is 4. The van der Waals surface area contributed by atoms with E-state index < -0.39 is 6.10 Å². The number of carbonyl (C=O) groups excluding carboxylic acids is 1. The maximum Gasteiger partial charge on any atom is 0.220 e. The van der Waals surface area contributed by atoms with Gasteiger partial charge in [-0.15, -0.1) is 0 Å². The molecular formula is C18H28N2O3. The number of rotatable bonds is 8. The molecule has 1 amide bonds. The Morgan fingerprint density at radius 2 is 2.30 bits per heavy atom. The van der Waals surface area contributed by atoms with Crippen LogP contribution in [0.2, 0.25) is 0 Å². The maximum absolute atomic E-state index is 11.9. The van der Waals surface area contributed by atoms with E-state index in [1.165, 1.54) is 0 Å². The lowest BCUT2D eigenvalue weighted by atomic mass is 10.0. The highest BCUT2D eigenvalue weighted by Crippen LogP contribution is 2.20. The molecule has 1 saturated heterocycles. The van der Waals surface area contributed by atoms with Crippen LogP contribution in [0.5, 0.6) is 5.75 Å². The Labute approximate surface area is 138 Å². The van der Waals surface area contributed by atoms with Crippen LogP contribution in [0.15, 0.2) is 24.3 Å². The van der Waals surface area contributed by atoms with Crippen LogP contribution in [0.25, 0.3) is 0 Å². The molecule has 5 nitrogen and oxygen atoms in total. The number of aliphatic hydroxyl groups is 1. The molecule has 2 unspecified atom stereocenters. The zero-order chi connectivity index (χ0) is 16.7. The highest BCUT2D eigenvalue weighted by Gasteiger charge is 2.16. The van der Waals surface area contributed by atoms with E-state index in [4.69, 9.17) is 4.74 Å². The SMILES string of the molecule is CC(C)Oc1cccc(C(O)CNC(=O)CCC2CCNC2)c1. The molecule has 0 spiro atoms. The summed E-state index contributed by atoms with van der Waals surface area (Å²) in [6.07, 6.45) is 1.95. The second-order valence-electron chi connectivity index (χ2n) is 6.46. The summed E-state index contributed by atoms with van der Waals surface area (Å²) in [4.78, 5) is 11.9. The summed E-state index contributed by atoms with van der Waals surface area (Å²) >= 11 is 0. The Kier molecular flexibility index (Phi) is 6.86. The molecule has 0 saturated carbocycles. The fraction of sp³-hybridized carbons (Fsp3) is 0.611. The predicted octanol–water partition coefficient (Wildman–Crippen LogP) is 2.01. The van der Waals surface area contributed by atoms with E-state index >= 15 is 0 Å². The molecule has 1 aromatic rings. The van der Waals surface area contributed by atoms with Crippen LogP contribution in [0.1, 0.15) is 44.8 Å². The first-order chi connectivity index (χ1) is 11.0. The minimum absolute atomic E-state index is 0.00513. The standard InChI is InChI=1S/C18H28N2O3/c1-13(2)23-16-5-3-4-15(10-16)17(21)12-20-18(22)7-6-14-8-9-19-11-14/h3-5,10,13-14,17,19,21H,6-9,11-12H2,1-2H3,(H,20,22). The van der Waals surface area contributed by atoms with Crippen molar-refractivity contribution in [3.63, 3.8) is 0 Å². The van der Waals surface area contributed by atoms with Gasteiger partial charge in [-0.3, -0.25) is 4.79 Å². The average Bonchev–Trinajstić information content (AvgIpc) is 3.03.